The summed E-state index contributed by atoms with van der Waals surface area (Å²) in [6, 6.07) is 8.46. The zero-order valence-corrected chi connectivity index (χ0v) is 7.88. The van der Waals surface area contributed by atoms with Crippen molar-refractivity contribution in [3.05, 3.63) is 41.0 Å². The van der Waals surface area contributed by atoms with Crippen LogP contribution >= 0.6 is 0 Å². The van der Waals surface area contributed by atoms with Gasteiger partial charge in [-0.1, -0.05) is 29.8 Å². The van der Waals surface area contributed by atoms with Gasteiger partial charge in [0, 0.05) is 6.61 Å². The molecule has 0 atom stereocenters. The van der Waals surface area contributed by atoms with Crippen molar-refractivity contribution >= 4 is 5.57 Å². The van der Waals surface area contributed by atoms with Gasteiger partial charge in [-0.15, -0.1) is 0 Å². The highest BCUT2D eigenvalue weighted by Crippen LogP contribution is 2.34. The average molecular weight is 174 g/mol. The van der Waals surface area contributed by atoms with E-state index in [1.807, 2.05) is 0 Å². The highest BCUT2D eigenvalue weighted by atomic mass is 16.2. The fraction of sp³-hybridized carbons (Fsp3) is 0.333. The van der Waals surface area contributed by atoms with E-state index in [-0.39, 0.29) is 6.61 Å². The summed E-state index contributed by atoms with van der Waals surface area (Å²) in [5.74, 6) is 0. The third-order valence-electron chi connectivity index (χ3n) is 2.68. The first-order valence-corrected chi connectivity index (χ1v) is 4.70. The zero-order valence-electron chi connectivity index (χ0n) is 7.88. The molecule has 1 aliphatic carbocycles. The van der Waals surface area contributed by atoms with Crippen LogP contribution in [0.1, 0.15) is 24.5 Å². The summed E-state index contributed by atoms with van der Waals surface area (Å²) >= 11 is 0. The maximum atomic E-state index is 8.94. The molecule has 1 N–H and O–H groups in total. The van der Waals surface area contributed by atoms with Gasteiger partial charge in [-0.25, -0.2) is 0 Å². The van der Waals surface area contributed by atoms with Crippen molar-refractivity contribution in [1.82, 2.24) is 0 Å². The Balaban J connectivity index is 2.41. The van der Waals surface area contributed by atoms with Crippen molar-refractivity contribution in [3.8, 4) is 0 Å². The molecule has 0 bridgehead atoms. The summed E-state index contributed by atoms with van der Waals surface area (Å²) < 4.78 is 0. The minimum Gasteiger partial charge on any atom is -0.396 e. The second-order valence-electron chi connectivity index (χ2n) is 3.57. The van der Waals surface area contributed by atoms with Crippen LogP contribution < -0.4 is 0 Å². The SMILES string of the molecule is CC1=C(CCO)c2ccccc2C1. The standard InChI is InChI=1S/C12H14O/c1-9-8-10-4-2-3-5-12(10)11(9)6-7-13/h2-5,13H,6-8H2,1H3. The van der Waals surface area contributed by atoms with Gasteiger partial charge in [0.15, 0.2) is 0 Å². The number of rotatable bonds is 2. The zero-order chi connectivity index (χ0) is 9.26. The molecule has 0 fully saturated rings. The molecule has 1 heteroatoms. The molecule has 2 rings (SSSR count). The third kappa shape index (κ3) is 1.40. The van der Waals surface area contributed by atoms with Crippen LogP contribution in [0.15, 0.2) is 29.8 Å². The summed E-state index contributed by atoms with van der Waals surface area (Å²) in [5, 5.41) is 8.94. The summed E-state index contributed by atoms with van der Waals surface area (Å²) in [4.78, 5) is 0. The van der Waals surface area contributed by atoms with Gasteiger partial charge in [-0.2, -0.15) is 0 Å². The van der Waals surface area contributed by atoms with E-state index in [1.165, 1.54) is 22.3 Å². The second kappa shape index (κ2) is 3.35. The highest BCUT2D eigenvalue weighted by Gasteiger charge is 2.16. The molecule has 0 unspecified atom stereocenters. The Kier molecular flexibility index (Phi) is 2.19. The van der Waals surface area contributed by atoms with E-state index >= 15 is 0 Å². The predicted octanol–water partition coefficient (Wildman–Crippen LogP) is 2.40. The first-order valence-electron chi connectivity index (χ1n) is 4.70. The molecule has 1 aromatic rings. The van der Waals surface area contributed by atoms with Crippen molar-refractivity contribution in [3.63, 3.8) is 0 Å². The van der Waals surface area contributed by atoms with Crippen LogP contribution in [0.4, 0.5) is 0 Å². The third-order valence-corrected chi connectivity index (χ3v) is 2.68. The molecule has 1 aromatic carbocycles. The van der Waals surface area contributed by atoms with E-state index in [0.29, 0.717) is 0 Å². The van der Waals surface area contributed by atoms with Gasteiger partial charge in [0.05, 0.1) is 0 Å². The van der Waals surface area contributed by atoms with E-state index < -0.39 is 0 Å². The quantitative estimate of drug-likeness (QED) is 0.730. The second-order valence-corrected chi connectivity index (χ2v) is 3.57. The molecule has 1 nitrogen and oxygen atoms in total. The lowest BCUT2D eigenvalue weighted by molar-refractivity contribution is 0.305. The number of aliphatic hydroxyl groups is 1. The Labute approximate surface area is 78.7 Å². The van der Waals surface area contributed by atoms with Crippen LogP contribution in [0.2, 0.25) is 0 Å². The Bertz CT molecular complexity index is 350. The van der Waals surface area contributed by atoms with Crippen LogP contribution in [0.25, 0.3) is 5.57 Å². The molecule has 0 heterocycles. The normalized spacial score (nSPS) is 14.9. The van der Waals surface area contributed by atoms with E-state index in [0.717, 1.165) is 12.8 Å². The van der Waals surface area contributed by atoms with Gasteiger partial charge >= 0.3 is 0 Å². The number of benzene rings is 1. The summed E-state index contributed by atoms with van der Waals surface area (Å²) in [6.07, 6.45) is 1.86. The van der Waals surface area contributed by atoms with Crippen LogP contribution in [0.5, 0.6) is 0 Å². The lowest BCUT2D eigenvalue weighted by Gasteiger charge is -2.03. The topological polar surface area (TPSA) is 20.2 Å². The van der Waals surface area contributed by atoms with Gasteiger partial charge in [-0.3, -0.25) is 0 Å². The van der Waals surface area contributed by atoms with Gasteiger partial charge in [0.25, 0.3) is 0 Å². The van der Waals surface area contributed by atoms with Crippen LogP contribution in [0.3, 0.4) is 0 Å². The minimum absolute atomic E-state index is 0.251. The van der Waals surface area contributed by atoms with E-state index in [9.17, 15) is 0 Å². The smallest absolute Gasteiger partial charge is 0.0471 e. The molecule has 0 aliphatic heterocycles. The van der Waals surface area contributed by atoms with Crippen molar-refractivity contribution < 1.29 is 5.11 Å². The van der Waals surface area contributed by atoms with Gasteiger partial charge < -0.3 is 5.11 Å². The number of hydrogen-bond acceptors (Lipinski definition) is 1. The predicted molar refractivity (Wildman–Crippen MR) is 54.4 cm³/mol. The molecule has 0 aromatic heterocycles. The van der Waals surface area contributed by atoms with Gasteiger partial charge in [-0.05, 0) is 36.5 Å². The van der Waals surface area contributed by atoms with E-state index in [1.54, 1.807) is 0 Å². The van der Waals surface area contributed by atoms with Crippen molar-refractivity contribution in [2.75, 3.05) is 6.61 Å². The minimum atomic E-state index is 0.251. The molecular formula is C12H14O. The maximum Gasteiger partial charge on any atom is 0.0471 e. The maximum absolute atomic E-state index is 8.94. The van der Waals surface area contributed by atoms with Crippen molar-refractivity contribution in [1.29, 1.82) is 0 Å². The van der Waals surface area contributed by atoms with Crippen LogP contribution in [-0.4, -0.2) is 11.7 Å². The van der Waals surface area contributed by atoms with Crippen LogP contribution in [-0.2, 0) is 6.42 Å². The summed E-state index contributed by atoms with van der Waals surface area (Å²) in [5.41, 5.74) is 5.51. The summed E-state index contributed by atoms with van der Waals surface area (Å²) in [6.45, 7) is 2.41. The average Bonchev–Trinajstić information content (AvgIpc) is 2.44. The first kappa shape index (κ1) is 8.52. The largest absolute Gasteiger partial charge is 0.396 e. The molecule has 68 valence electrons. The van der Waals surface area contributed by atoms with Gasteiger partial charge in [0.1, 0.15) is 0 Å². The first-order chi connectivity index (χ1) is 6.33. The number of fused-ring (bicyclic) bond motifs is 1. The highest BCUT2D eigenvalue weighted by molar-refractivity contribution is 5.75. The Morgan fingerprint density at radius 1 is 1.31 bits per heavy atom. The van der Waals surface area contributed by atoms with E-state index in [2.05, 4.69) is 31.2 Å². The fourth-order valence-corrected chi connectivity index (χ4v) is 2.05. The van der Waals surface area contributed by atoms with E-state index in [4.69, 9.17) is 5.11 Å². The van der Waals surface area contributed by atoms with Crippen molar-refractivity contribution in [2.45, 2.75) is 19.8 Å². The lowest BCUT2D eigenvalue weighted by Crippen LogP contribution is -1.88. The van der Waals surface area contributed by atoms with Crippen LogP contribution in [0, 0.1) is 0 Å². The number of aliphatic hydroxyl groups excluding tert-OH is 1. The Morgan fingerprint density at radius 2 is 2.08 bits per heavy atom. The summed E-state index contributed by atoms with van der Waals surface area (Å²) in [7, 11) is 0. The Morgan fingerprint density at radius 3 is 2.85 bits per heavy atom. The molecule has 0 amide bonds. The lowest BCUT2D eigenvalue weighted by atomic mass is 10.0. The number of allylic oxidation sites excluding steroid dienone is 1. The molecular weight excluding hydrogens is 160 g/mol. The Hall–Kier alpha value is -1.08. The molecule has 0 spiro atoms. The monoisotopic (exact) mass is 174 g/mol. The molecule has 0 saturated carbocycles. The molecule has 1 aliphatic rings. The fourth-order valence-electron chi connectivity index (χ4n) is 2.05. The van der Waals surface area contributed by atoms with Crippen molar-refractivity contribution in [2.24, 2.45) is 0 Å². The molecule has 13 heavy (non-hydrogen) atoms. The molecule has 0 radical (unpaired) electrons. The number of hydrogen-bond donors (Lipinski definition) is 1. The van der Waals surface area contributed by atoms with Gasteiger partial charge in [0.2, 0.25) is 0 Å². The molecule has 0 saturated heterocycles.